The second kappa shape index (κ2) is 5.50. The Hall–Kier alpha value is -2.08. The summed E-state index contributed by atoms with van der Waals surface area (Å²) in [6.07, 6.45) is 2.62. The molecule has 0 aliphatic rings. The van der Waals surface area contributed by atoms with Crippen molar-refractivity contribution in [2.75, 3.05) is 10.8 Å². The van der Waals surface area contributed by atoms with Crippen LogP contribution in [-0.4, -0.2) is 19.9 Å². The number of nitrogens with one attached hydrogen (secondary N) is 1. The Morgan fingerprint density at radius 1 is 1.15 bits per heavy atom. The predicted molar refractivity (Wildman–Crippen MR) is 78.4 cm³/mol. The zero-order valence-corrected chi connectivity index (χ0v) is 12.1. The van der Waals surface area contributed by atoms with E-state index in [1.54, 1.807) is 19.1 Å². The summed E-state index contributed by atoms with van der Waals surface area (Å²) in [6, 6.07) is 8.34. The van der Waals surface area contributed by atoms with Crippen LogP contribution < -0.4 is 9.73 Å². The first-order valence-electron chi connectivity index (χ1n) is 6.23. The predicted octanol–water partition coefficient (Wildman–Crippen LogP) is 1.90. The van der Waals surface area contributed by atoms with Gasteiger partial charge in [-0.1, -0.05) is 17.7 Å². The molecule has 0 amide bonds. The van der Waals surface area contributed by atoms with Gasteiger partial charge < -0.3 is 4.98 Å². The molecule has 0 atom stereocenters. The number of hydrogen-bond acceptors (Lipinski definition) is 3. The van der Waals surface area contributed by atoms with Crippen molar-refractivity contribution in [3.05, 3.63) is 58.5 Å². The smallest absolute Gasteiger partial charge is 0.269 e. The normalized spacial score (nSPS) is 11.3. The van der Waals surface area contributed by atoms with Crippen LogP contribution in [0.4, 0.5) is 5.69 Å². The first-order chi connectivity index (χ1) is 9.46. The highest BCUT2D eigenvalue weighted by Gasteiger charge is 2.25. The summed E-state index contributed by atoms with van der Waals surface area (Å²) in [6.45, 7) is 3.91. The molecular formula is C14H16N2O3S. The van der Waals surface area contributed by atoms with E-state index in [2.05, 4.69) is 4.98 Å². The van der Waals surface area contributed by atoms with Gasteiger partial charge in [-0.25, -0.2) is 8.42 Å². The van der Waals surface area contributed by atoms with Gasteiger partial charge in [0.1, 0.15) is 0 Å². The molecule has 0 aliphatic carbocycles. The lowest BCUT2D eigenvalue weighted by molar-refractivity contribution is 0.590. The van der Waals surface area contributed by atoms with Gasteiger partial charge in [0.25, 0.3) is 10.0 Å². The van der Waals surface area contributed by atoms with Crippen LogP contribution >= 0.6 is 0 Å². The maximum absolute atomic E-state index is 12.6. The van der Waals surface area contributed by atoms with E-state index >= 15 is 0 Å². The number of anilines is 1. The van der Waals surface area contributed by atoms with Gasteiger partial charge >= 0.3 is 0 Å². The van der Waals surface area contributed by atoms with E-state index in [0.29, 0.717) is 5.69 Å². The van der Waals surface area contributed by atoms with Crippen molar-refractivity contribution >= 4 is 15.7 Å². The third-order valence-corrected chi connectivity index (χ3v) is 4.89. The highest BCUT2D eigenvalue weighted by atomic mass is 32.2. The lowest BCUT2D eigenvalue weighted by Crippen LogP contribution is -2.33. The first-order valence-corrected chi connectivity index (χ1v) is 7.67. The molecule has 1 N–H and O–H groups in total. The number of aryl methyl sites for hydroxylation is 1. The van der Waals surface area contributed by atoms with Crippen molar-refractivity contribution in [2.24, 2.45) is 0 Å². The molecule has 0 spiro atoms. The summed E-state index contributed by atoms with van der Waals surface area (Å²) in [7, 11) is -3.86. The molecule has 0 unspecified atom stereocenters. The molecule has 0 saturated heterocycles. The van der Waals surface area contributed by atoms with Gasteiger partial charge in [-0.2, -0.15) is 0 Å². The van der Waals surface area contributed by atoms with Crippen LogP contribution in [0.15, 0.2) is 52.4 Å². The Morgan fingerprint density at radius 3 is 2.35 bits per heavy atom. The SMILES string of the molecule is CCN(c1ccc(C)cc1)S(=O)(=O)c1c[nH]ccc1=O. The zero-order valence-electron chi connectivity index (χ0n) is 11.3. The van der Waals surface area contributed by atoms with Crippen LogP contribution in [0.1, 0.15) is 12.5 Å². The zero-order chi connectivity index (χ0) is 14.8. The molecule has 5 nitrogen and oxygen atoms in total. The standard InChI is InChI=1S/C14H16N2O3S/c1-3-16(12-6-4-11(2)5-7-12)20(18,19)14-10-15-9-8-13(14)17/h4-10H,3H2,1-2H3,(H,15,17). The van der Waals surface area contributed by atoms with Crippen LogP contribution in [0, 0.1) is 6.92 Å². The van der Waals surface area contributed by atoms with Crippen molar-refractivity contribution in [1.82, 2.24) is 4.98 Å². The third-order valence-electron chi connectivity index (χ3n) is 2.97. The molecule has 1 aromatic heterocycles. The topological polar surface area (TPSA) is 70.2 Å². The number of pyridine rings is 1. The van der Waals surface area contributed by atoms with Crippen molar-refractivity contribution < 1.29 is 8.42 Å². The molecule has 0 aliphatic heterocycles. The molecule has 0 fully saturated rings. The van der Waals surface area contributed by atoms with E-state index in [1.165, 1.54) is 22.8 Å². The molecule has 0 saturated carbocycles. The monoisotopic (exact) mass is 292 g/mol. The number of nitrogens with zero attached hydrogens (tertiary/aromatic N) is 1. The maximum Gasteiger partial charge on any atom is 0.269 e. The molecule has 2 rings (SSSR count). The van der Waals surface area contributed by atoms with E-state index in [1.807, 2.05) is 19.1 Å². The largest absolute Gasteiger partial charge is 0.366 e. The molecule has 1 aromatic carbocycles. The van der Waals surface area contributed by atoms with E-state index in [-0.39, 0.29) is 11.4 Å². The molecule has 0 radical (unpaired) electrons. The summed E-state index contributed by atoms with van der Waals surface area (Å²) in [4.78, 5) is 14.1. The summed E-state index contributed by atoms with van der Waals surface area (Å²) in [5, 5.41) is 0. The van der Waals surface area contributed by atoms with Crippen molar-refractivity contribution in [1.29, 1.82) is 0 Å². The van der Waals surface area contributed by atoms with Crippen LogP contribution in [0.3, 0.4) is 0 Å². The van der Waals surface area contributed by atoms with E-state index < -0.39 is 15.5 Å². The summed E-state index contributed by atoms with van der Waals surface area (Å²) in [5.41, 5.74) is 1.07. The molecule has 0 bridgehead atoms. The number of rotatable bonds is 4. The highest BCUT2D eigenvalue weighted by molar-refractivity contribution is 7.92. The highest BCUT2D eigenvalue weighted by Crippen LogP contribution is 2.21. The van der Waals surface area contributed by atoms with E-state index in [4.69, 9.17) is 0 Å². The minimum atomic E-state index is -3.86. The van der Waals surface area contributed by atoms with Gasteiger partial charge in [-0.15, -0.1) is 0 Å². The average Bonchev–Trinajstić information content (AvgIpc) is 2.42. The van der Waals surface area contributed by atoms with Gasteiger partial charge in [-0.05, 0) is 26.0 Å². The number of sulfonamides is 1. The van der Waals surface area contributed by atoms with Crippen LogP contribution in [0.5, 0.6) is 0 Å². The molecule has 6 heteroatoms. The number of aromatic nitrogens is 1. The Morgan fingerprint density at radius 2 is 1.80 bits per heavy atom. The Kier molecular flexibility index (Phi) is 3.94. The van der Waals surface area contributed by atoms with Crippen molar-refractivity contribution in [3.63, 3.8) is 0 Å². The van der Waals surface area contributed by atoms with Gasteiger partial charge in [0.15, 0.2) is 4.90 Å². The molecule has 1 heterocycles. The van der Waals surface area contributed by atoms with Gasteiger partial charge in [-0.3, -0.25) is 9.10 Å². The summed E-state index contributed by atoms with van der Waals surface area (Å²) >= 11 is 0. The second-order valence-corrected chi connectivity index (χ2v) is 6.21. The molecule has 106 valence electrons. The fourth-order valence-electron chi connectivity index (χ4n) is 1.92. The minimum absolute atomic E-state index is 0.248. The Labute approximate surface area is 117 Å². The number of H-pyrrole nitrogens is 1. The third kappa shape index (κ3) is 2.60. The lowest BCUT2D eigenvalue weighted by Gasteiger charge is -2.22. The summed E-state index contributed by atoms with van der Waals surface area (Å²) in [5.74, 6) is 0. The van der Waals surface area contributed by atoms with Crippen LogP contribution in [-0.2, 0) is 10.0 Å². The minimum Gasteiger partial charge on any atom is -0.366 e. The molecular weight excluding hydrogens is 276 g/mol. The number of aromatic amines is 1. The van der Waals surface area contributed by atoms with Gasteiger partial charge in [0.2, 0.25) is 5.43 Å². The summed E-state index contributed by atoms with van der Waals surface area (Å²) < 4.78 is 26.4. The Bertz CT molecular complexity index is 748. The second-order valence-electron chi connectivity index (χ2n) is 4.38. The van der Waals surface area contributed by atoms with Gasteiger partial charge in [0.05, 0.1) is 5.69 Å². The van der Waals surface area contributed by atoms with Gasteiger partial charge in [0, 0.05) is 25.0 Å². The fraction of sp³-hybridized carbons (Fsp3) is 0.214. The fourth-order valence-corrected chi connectivity index (χ4v) is 3.44. The van der Waals surface area contributed by atoms with Crippen LogP contribution in [0.2, 0.25) is 0 Å². The maximum atomic E-state index is 12.6. The van der Waals surface area contributed by atoms with Crippen LogP contribution in [0.25, 0.3) is 0 Å². The Balaban J connectivity index is 2.54. The molecule has 20 heavy (non-hydrogen) atoms. The van der Waals surface area contributed by atoms with E-state index in [9.17, 15) is 13.2 Å². The quantitative estimate of drug-likeness (QED) is 0.935. The van der Waals surface area contributed by atoms with Crippen molar-refractivity contribution in [3.8, 4) is 0 Å². The lowest BCUT2D eigenvalue weighted by atomic mass is 10.2. The molecule has 2 aromatic rings. The number of benzene rings is 1. The first kappa shape index (κ1) is 14.3. The van der Waals surface area contributed by atoms with Crippen molar-refractivity contribution in [2.45, 2.75) is 18.7 Å². The van der Waals surface area contributed by atoms with E-state index in [0.717, 1.165) is 5.56 Å². The number of hydrogen-bond donors (Lipinski definition) is 1. The average molecular weight is 292 g/mol.